The molecule has 3 rings (SSSR count). The van der Waals surface area contributed by atoms with E-state index in [1.807, 2.05) is 19.9 Å². The van der Waals surface area contributed by atoms with Gasteiger partial charge in [-0.05, 0) is 141 Å². The van der Waals surface area contributed by atoms with Gasteiger partial charge >= 0.3 is 5.97 Å². The summed E-state index contributed by atoms with van der Waals surface area (Å²) >= 11 is 6.34. The first-order valence-corrected chi connectivity index (χ1v) is 35.2. The standard InChI is InChI=1S/C73H108ClN11O16/c1-14-15-16-17-18-19-20-21-22-33-73(13,71(101)81-48(10)66(96)80-47(9)65(95)79-46(8)64(94)78-45(7)62(92)61(91)44(6)76-39-42(4)63(75)93)85-67(97)50(34-41(2)3)25-31-59(88)57(36-51-40-77-56-37-52(74)26-29-54(51)56)82-69(99)58(35-49-23-27-53(87)28-24-49)83-68(98)55(30-32-60(89)90)84-70(100)72(11,12)38-43(5)86/h19-20,23-24,26-29,37,40-42,44-48,50,55,57-58,76-77,87H,14-18,21-22,25,30-36,38-39H2,1-13H3,(H2,75,93)(H,78,94)(H,79,95)(H,80,96)(H,81,101)(H,82,99)(H,83,98)(H,84,100)(H,85,97)(H,89,90)/b20-19+/t42-,44-,45-,46?,47-,48?,50-,55-,57-,58?,73-/m0/s1. The highest BCUT2D eigenvalue weighted by molar-refractivity contribution is 6.41. The van der Waals surface area contributed by atoms with Gasteiger partial charge in [0.05, 0.1) is 23.5 Å². The number of fused-ring (bicyclic) bond motifs is 1. The minimum atomic E-state index is -1.67. The number of benzene rings is 2. The topological polar surface area (TPSA) is 430 Å². The van der Waals surface area contributed by atoms with Crippen LogP contribution in [0.2, 0.25) is 5.02 Å². The molecule has 1 aromatic heterocycles. The van der Waals surface area contributed by atoms with Crippen molar-refractivity contribution in [1.82, 2.24) is 52.8 Å². The van der Waals surface area contributed by atoms with Crippen molar-refractivity contribution in [2.45, 2.75) is 247 Å². The van der Waals surface area contributed by atoms with Gasteiger partial charge in [0.15, 0.2) is 5.78 Å². The summed E-state index contributed by atoms with van der Waals surface area (Å²) in [5.74, 6) is -12.5. The number of allylic oxidation sites excluding steroid dienone is 2. The molecule has 0 aliphatic carbocycles. The third-order valence-corrected chi connectivity index (χ3v) is 17.7. The Hall–Kier alpha value is -8.85. The summed E-state index contributed by atoms with van der Waals surface area (Å²) in [6.45, 7) is 20.0. The largest absolute Gasteiger partial charge is 0.508 e. The highest BCUT2D eigenvalue weighted by atomic mass is 35.5. The minimum absolute atomic E-state index is 0.0337. The van der Waals surface area contributed by atoms with E-state index in [2.05, 4.69) is 65.8 Å². The number of aromatic nitrogens is 1. The van der Waals surface area contributed by atoms with E-state index in [-0.39, 0.29) is 68.9 Å². The smallest absolute Gasteiger partial charge is 0.303 e. The number of nitrogens with one attached hydrogen (secondary N) is 10. The molecule has 11 atom stereocenters. The number of carbonyl (C=O) groups excluding carboxylic acids is 13. The molecule has 0 radical (unpaired) electrons. The minimum Gasteiger partial charge on any atom is -0.508 e. The SMILES string of the molecule is CCCCCC/C=C/CCC[C@](C)(NC(=O)[C@@H](CCC(=O)[C@H](Cc1c[nH]c2cc(Cl)ccc12)NC(=O)C(Cc1ccc(O)cc1)NC(=O)[C@H](CCC(=O)O)NC(=O)C(C)(C)CC(C)=O)CC(C)C)C(=O)NC(C)C(=O)N[C@@H](C)C(=O)NC(C)C(=O)N[C@@H](C)C(=O)C(=O)[C@H](C)NC[C@H](C)C(N)=O. The van der Waals surface area contributed by atoms with E-state index < -0.39 is 160 Å². The number of phenols is 1. The average Bonchev–Trinajstić information content (AvgIpc) is 1.74. The molecule has 3 unspecified atom stereocenters. The molecule has 0 bridgehead atoms. The van der Waals surface area contributed by atoms with E-state index in [1.165, 1.54) is 86.6 Å². The molecule has 0 aliphatic heterocycles. The Bertz CT molecular complexity index is 3420. The molecular formula is C73H108ClN11O16. The van der Waals surface area contributed by atoms with Gasteiger partial charge in [-0.3, -0.25) is 67.1 Å². The molecule has 0 spiro atoms. The van der Waals surface area contributed by atoms with Crippen LogP contribution in [-0.2, 0) is 80.0 Å². The molecule has 14 N–H and O–H groups in total. The maximum atomic E-state index is 15.0. The van der Waals surface area contributed by atoms with Crippen LogP contribution in [0.5, 0.6) is 5.75 Å². The van der Waals surface area contributed by atoms with Gasteiger partial charge in [0.25, 0.3) is 0 Å². The van der Waals surface area contributed by atoms with E-state index in [0.717, 1.165) is 32.1 Å². The monoisotopic (exact) mass is 1430 g/mol. The maximum absolute atomic E-state index is 15.0. The molecule has 27 nitrogen and oxygen atoms in total. The lowest BCUT2D eigenvalue weighted by molar-refractivity contribution is -0.140. The second kappa shape index (κ2) is 41.8. The van der Waals surface area contributed by atoms with Crippen molar-refractivity contribution in [3.63, 3.8) is 0 Å². The fourth-order valence-corrected chi connectivity index (χ4v) is 11.3. The number of aromatic amines is 1. The highest BCUT2D eigenvalue weighted by Gasteiger charge is 2.40. The van der Waals surface area contributed by atoms with Crippen molar-refractivity contribution in [2.75, 3.05) is 6.54 Å². The number of ketones is 4. The van der Waals surface area contributed by atoms with Crippen LogP contribution >= 0.6 is 11.6 Å². The predicted molar refractivity (Wildman–Crippen MR) is 382 cm³/mol. The van der Waals surface area contributed by atoms with Crippen LogP contribution in [0, 0.1) is 23.2 Å². The maximum Gasteiger partial charge on any atom is 0.303 e. The molecular weight excluding hydrogens is 1320 g/mol. The third kappa shape index (κ3) is 29.7. The molecule has 9 amide bonds. The quantitative estimate of drug-likeness (QED) is 0.0189. The average molecular weight is 1430 g/mol. The first kappa shape index (κ1) is 86.4. The van der Waals surface area contributed by atoms with E-state index in [0.29, 0.717) is 39.9 Å². The van der Waals surface area contributed by atoms with E-state index in [4.69, 9.17) is 17.3 Å². The lowest BCUT2D eigenvalue weighted by Crippen LogP contribution is -2.61. The van der Waals surface area contributed by atoms with Crippen LogP contribution in [-0.4, -0.2) is 158 Å². The van der Waals surface area contributed by atoms with Crippen molar-refractivity contribution in [3.05, 3.63) is 77.0 Å². The molecule has 28 heteroatoms. The number of halogens is 1. The highest BCUT2D eigenvalue weighted by Crippen LogP contribution is 2.27. The van der Waals surface area contributed by atoms with Crippen molar-refractivity contribution in [2.24, 2.45) is 28.9 Å². The van der Waals surface area contributed by atoms with Crippen molar-refractivity contribution in [3.8, 4) is 5.75 Å². The summed E-state index contributed by atoms with van der Waals surface area (Å²) in [5.41, 5.74) is 3.96. The Kier molecular flexibility index (Phi) is 35.7. The first-order valence-electron chi connectivity index (χ1n) is 34.8. The van der Waals surface area contributed by atoms with Gasteiger partial charge in [0.2, 0.25) is 64.7 Å². The van der Waals surface area contributed by atoms with Gasteiger partial charge in [0.1, 0.15) is 47.3 Å². The Morgan fingerprint density at radius 1 is 0.604 bits per heavy atom. The predicted octanol–water partition coefficient (Wildman–Crippen LogP) is 5.48. The number of carboxylic acids is 1. The zero-order valence-electron chi connectivity index (χ0n) is 60.7. The first-order chi connectivity index (χ1) is 47.3. The van der Waals surface area contributed by atoms with Crippen LogP contribution < -0.4 is 53.6 Å². The number of hydrogen-bond acceptors (Lipinski definition) is 16. The summed E-state index contributed by atoms with van der Waals surface area (Å²) in [6.07, 6.45) is 10.3. The van der Waals surface area contributed by atoms with Crippen molar-refractivity contribution in [1.29, 1.82) is 0 Å². The molecule has 0 fully saturated rings. The Labute approximate surface area is 597 Å². The lowest BCUT2D eigenvalue weighted by Gasteiger charge is -2.33. The van der Waals surface area contributed by atoms with Gasteiger partial charge in [-0.1, -0.05) is 103 Å². The van der Waals surface area contributed by atoms with Gasteiger partial charge in [-0.25, -0.2) is 0 Å². The molecule has 558 valence electrons. The zero-order valence-corrected chi connectivity index (χ0v) is 61.5. The summed E-state index contributed by atoms with van der Waals surface area (Å²) in [6, 6.07) is 0.389. The van der Waals surface area contributed by atoms with E-state index >= 15 is 4.79 Å². The van der Waals surface area contributed by atoms with Gasteiger partial charge in [-0.15, -0.1) is 0 Å². The van der Waals surface area contributed by atoms with Crippen LogP contribution in [0.1, 0.15) is 191 Å². The lowest BCUT2D eigenvalue weighted by atomic mass is 9.86. The number of nitrogens with two attached hydrogens (primary N) is 1. The molecule has 0 saturated carbocycles. The van der Waals surface area contributed by atoms with Gasteiger partial charge in [-0.2, -0.15) is 0 Å². The Morgan fingerprint density at radius 3 is 1.74 bits per heavy atom. The number of amides is 9. The van der Waals surface area contributed by atoms with E-state index in [1.54, 1.807) is 31.3 Å². The summed E-state index contributed by atoms with van der Waals surface area (Å²) in [5, 5.41) is 44.8. The summed E-state index contributed by atoms with van der Waals surface area (Å²) in [7, 11) is 0. The Balaban J connectivity index is 1.94. The number of carboxylic acid groups (broad SMARTS) is 1. The number of aromatic hydroxyl groups is 1. The molecule has 1 heterocycles. The number of hydrogen-bond donors (Lipinski definition) is 13. The number of H-pyrrole nitrogens is 1. The summed E-state index contributed by atoms with van der Waals surface area (Å²) in [4.78, 5) is 192. The van der Waals surface area contributed by atoms with Crippen LogP contribution in [0.4, 0.5) is 0 Å². The molecule has 0 saturated heterocycles. The van der Waals surface area contributed by atoms with Crippen LogP contribution in [0.15, 0.2) is 60.8 Å². The van der Waals surface area contributed by atoms with E-state index in [9.17, 15) is 72.5 Å². The second-order valence-corrected chi connectivity index (χ2v) is 28.3. The van der Waals surface area contributed by atoms with Gasteiger partial charge in [0, 0.05) is 72.6 Å². The van der Waals surface area contributed by atoms with Crippen molar-refractivity contribution >= 4 is 105 Å². The fourth-order valence-electron chi connectivity index (χ4n) is 11.1. The van der Waals surface area contributed by atoms with Crippen LogP contribution in [0.25, 0.3) is 10.9 Å². The van der Waals surface area contributed by atoms with Crippen LogP contribution in [0.3, 0.4) is 0 Å². The zero-order chi connectivity index (χ0) is 76.1. The fraction of sp³-hybridized carbons (Fsp3) is 0.589. The summed E-state index contributed by atoms with van der Waals surface area (Å²) < 4.78 is 0. The van der Waals surface area contributed by atoms with Gasteiger partial charge < -0.3 is 68.8 Å². The number of aliphatic carboxylic acids is 1. The Morgan fingerprint density at radius 2 is 1.17 bits per heavy atom. The molecule has 2 aromatic carbocycles. The number of carbonyl (C=O) groups is 14. The number of rotatable bonds is 47. The number of Topliss-reactive ketones (excluding diaryl/α,β-unsaturated/α-hetero) is 4. The normalized spacial score (nSPS) is 15.2. The third-order valence-electron chi connectivity index (χ3n) is 17.5. The number of phenolic OH excluding ortho intramolecular Hbond substituents is 1. The molecule has 0 aliphatic rings. The van der Waals surface area contributed by atoms with Crippen molar-refractivity contribution < 1.29 is 77.3 Å². The number of unbranched alkanes of at least 4 members (excludes halogenated alkanes) is 5. The number of primary amides is 1. The molecule has 101 heavy (non-hydrogen) atoms. The second-order valence-electron chi connectivity index (χ2n) is 27.8. The molecule has 3 aromatic rings.